The van der Waals surface area contributed by atoms with Crippen molar-refractivity contribution in [2.24, 2.45) is 0 Å². The maximum Gasteiger partial charge on any atom is 0.410 e. The molecule has 0 aliphatic carbocycles. The molecule has 1 aromatic rings. The van der Waals surface area contributed by atoms with Gasteiger partial charge in [0.15, 0.2) is 6.10 Å². The van der Waals surface area contributed by atoms with Crippen molar-refractivity contribution < 1.29 is 33.4 Å². The molecule has 0 unspecified atom stereocenters. The number of aliphatic carboxylic acids is 1. The Morgan fingerprint density at radius 1 is 0.971 bits per heavy atom. The van der Waals surface area contributed by atoms with Gasteiger partial charge in [0.25, 0.3) is 0 Å². The van der Waals surface area contributed by atoms with Crippen molar-refractivity contribution in [1.82, 2.24) is 4.90 Å². The second-order valence-corrected chi connectivity index (χ2v) is 11.6. The van der Waals surface area contributed by atoms with E-state index in [1.165, 1.54) is 20.9 Å². The van der Waals surface area contributed by atoms with Crippen LogP contribution in [0.4, 0.5) is 9.18 Å². The molecule has 1 N–H and O–H groups in total. The monoisotopic (exact) mass is 495 g/mol. The van der Waals surface area contributed by atoms with Crippen LogP contribution < -0.4 is 0 Å². The topological polar surface area (TPSA) is 93.1 Å². The maximum atomic E-state index is 14.2. The van der Waals surface area contributed by atoms with E-state index in [1.54, 1.807) is 20.8 Å². The minimum absolute atomic E-state index is 0.00100. The number of amides is 1. The van der Waals surface area contributed by atoms with E-state index >= 15 is 0 Å². The van der Waals surface area contributed by atoms with E-state index < -0.39 is 41.4 Å². The van der Waals surface area contributed by atoms with Gasteiger partial charge in [-0.3, -0.25) is 4.90 Å². The molecule has 0 heterocycles. The predicted octanol–water partition coefficient (Wildman–Crippen LogP) is 5.68. The Morgan fingerprint density at radius 3 is 1.94 bits per heavy atom. The summed E-state index contributed by atoms with van der Waals surface area (Å²) in [5, 5.41) is 9.65. The third-order valence-electron chi connectivity index (χ3n) is 5.48. The number of hydrogen-bond donors (Lipinski definition) is 1. The first-order valence-electron chi connectivity index (χ1n) is 12.0. The smallest absolute Gasteiger partial charge is 0.410 e. The fourth-order valence-corrected chi connectivity index (χ4v) is 3.33. The second kappa shape index (κ2) is 11.9. The minimum atomic E-state index is -1.58. The quantitative estimate of drug-likeness (QED) is 0.420. The molecule has 1 aromatic carbocycles. The highest BCUT2D eigenvalue weighted by Gasteiger charge is 2.35. The lowest BCUT2D eigenvalue weighted by atomic mass is 9.86. The molecule has 0 aliphatic heterocycles. The third kappa shape index (κ3) is 11.1. The van der Waals surface area contributed by atoms with Gasteiger partial charge < -0.3 is 14.6 Å². The Labute approximate surface area is 209 Å². The number of ether oxygens (including phenoxy) is 2. The molecule has 2 atom stereocenters. The van der Waals surface area contributed by atoms with E-state index in [1.807, 2.05) is 24.3 Å². The first-order valence-corrected chi connectivity index (χ1v) is 12.0. The van der Waals surface area contributed by atoms with Crippen LogP contribution in [-0.2, 0) is 30.9 Å². The Kier molecular flexibility index (Phi) is 10.3. The number of likely N-dealkylation sites (N-methyl/N-ethyl adjacent to an activating group) is 1. The molecule has 0 fully saturated rings. The Balaban J connectivity index is 2.96. The van der Waals surface area contributed by atoms with Crippen LogP contribution in [-0.4, -0.2) is 58.5 Å². The van der Waals surface area contributed by atoms with Crippen molar-refractivity contribution in [1.29, 1.82) is 0 Å². The molecule has 0 spiro atoms. The molecular weight excluding hydrogens is 453 g/mol. The summed E-state index contributed by atoms with van der Waals surface area (Å²) in [5.74, 6) is -2.19. The molecule has 0 aliphatic rings. The third-order valence-corrected chi connectivity index (χ3v) is 5.48. The van der Waals surface area contributed by atoms with Gasteiger partial charge in [0.1, 0.15) is 17.3 Å². The number of aryl methyl sites for hydroxylation is 1. The van der Waals surface area contributed by atoms with Gasteiger partial charge in [-0.2, -0.15) is 0 Å². The van der Waals surface area contributed by atoms with Gasteiger partial charge in [-0.25, -0.2) is 18.8 Å². The summed E-state index contributed by atoms with van der Waals surface area (Å²) in [6, 6.07) is 6.68. The number of alkyl halides is 1. The van der Waals surface area contributed by atoms with Crippen LogP contribution in [0.2, 0.25) is 0 Å². The van der Waals surface area contributed by atoms with E-state index in [9.17, 15) is 23.9 Å². The number of nitrogens with zero attached hydrogens (tertiary/aromatic N) is 1. The number of esters is 1. The van der Waals surface area contributed by atoms with Crippen molar-refractivity contribution >= 4 is 18.0 Å². The fraction of sp³-hybridized carbons (Fsp3) is 0.667. The number of carboxylic acids is 1. The Hall–Kier alpha value is -2.64. The van der Waals surface area contributed by atoms with Gasteiger partial charge in [-0.05, 0) is 76.8 Å². The summed E-state index contributed by atoms with van der Waals surface area (Å²) in [7, 11) is 1.36. The number of carbonyl (C=O) groups is 3. The number of hydrogen-bond acceptors (Lipinski definition) is 5. The minimum Gasteiger partial charge on any atom is -0.479 e. The summed E-state index contributed by atoms with van der Waals surface area (Å²) in [6.07, 6.45) is -1.80. The summed E-state index contributed by atoms with van der Waals surface area (Å²) in [4.78, 5) is 38.4. The second-order valence-electron chi connectivity index (χ2n) is 11.6. The van der Waals surface area contributed by atoms with E-state index in [2.05, 4.69) is 20.8 Å². The maximum absolute atomic E-state index is 14.2. The molecule has 198 valence electrons. The zero-order chi connectivity index (χ0) is 27.2. The van der Waals surface area contributed by atoms with Gasteiger partial charge in [0.2, 0.25) is 0 Å². The molecule has 1 amide bonds. The molecule has 0 saturated heterocycles. The summed E-state index contributed by atoms with van der Waals surface area (Å²) < 4.78 is 24.8. The van der Waals surface area contributed by atoms with E-state index in [4.69, 9.17) is 9.47 Å². The summed E-state index contributed by atoms with van der Waals surface area (Å²) in [5.41, 5.74) is -0.307. The van der Waals surface area contributed by atoms with Crippen molar-refractivity contribution in [2.45, 2.75) is 110 Å². The van der Waals surface area contributed by atoms with Crippen molar-refractivity contribution in [3.05, 3.63) is 35.4 Å². The zero-order valence-corrected chi connectivity index (χ0v) is 22.6. The lowest BCUT2D eigenvalue weighted by Gasteiger charge is -2.31. The molecule has 7 nitrogen and oxygen atoms in total. The first-order chi connectivity index (χ1) is 15.8. The largest absolute Gasteiger partial charge is 0.479 e. The van der Waals surface area contributed by atoms with Gasteiger partial charge in [-0.15, -0.1) is 0 Å². The number of carboxylic acid groups (broad SMARTS) is 1. The highest BCUT2D eigenvalue weighted by atomic mass is 19.1. The molecule has 0 bridgehead atoms. The first kappa shape index (κ1) is 30.4. The number of halogens is 1. The standard InChI is InChI=1S/C27H42FNO6/c1-25(2,3)19-13-10-18(11-14-19)12-15-21(22(30)31)34-23(32)20(16-17-27(7,8)28)29(9)24(33)35-26(4,5)6/h10-11,13-14,20-21H,12,15-17H2,1-9H3,(H,30,31)/t20-,21+/m0/s1. The van der Waals surface area contributed by atoms with Crippen LogP contribution in [0, 0.1) is 0 Å². The van der Waals surface area contributed by atoms with Gasteiger partial charge in [0, 0.05) is 7.05 Å². The average molecular weight is 496 g/mol. The molecule has 0 saturated carbocycles. The van der Waals surface area contributed by atoms with Gasteiger partial charge in [-0.1, -0.05) is 45.0 Å². The number of benzene rings is 1. The fourth-order valence-electron chi connectivity index (χ4n) is 3.33. The van der Waals surface area contributed by atoms with E-state index in [0.717, 1.165) is 16.0 Å². The average Bonchev–Trinajstić information content (AvgIpc) is 2.68. The SMILES string of the molecule is CN(C(=O)OC(C)(C)C)[C@@H](CCC(C)(C)F)C(=O)O[C@H](CCc1ccc(C(C)(C)C)cc1)C(=O)O. The molecule has 8 heteroatoms. The van der Waals surface area contributed by atoms with Gasteiger partial charge in [0.05, 0.1) is 0 Å². The van der Waals surface area contributed by atoms with Crippen LogP contribution in [0.1, 0.15) is 85.8 Å². The highest BCUT2D eigenvalue weighted by Crippen LogP contribution is 2.24. The predicted molar refractivity (Wildman–Crippen MR) is 133 cm³/mol. The molecule has 1 rings (SSSR count). The molecule has 35 heavy (non-hydrogen) atoms. The zero-order valence-electron chi connectivity index (χ0n) is 22.6. The van der Waals surface area contributed by atoms with Crippen LogP contribution in [0.5, 0.6) is 0 Å². The molecule has 0 aromatic heterocycles. The molecule has 0 radical (unpaired) electrons. The lowest BCUT2D eigenvalue weighted by molar-refractivity contribution is -0.168. The van der Waals surface area contributed by atoms with E-state index in [0.29, 0.717) is 6.42 Å². The van der Waals surface area contributed by atoms with Crippen molar-refractivity contribution in [3.8, 4) is 0 Å². The lowest BCUT2D eigenvalue weighted by Crippen LogP contribution is -2.47. The highest BCUT2D eigenvalue weighted by molar-refractivity contribution is 5.84. The van der Waals surface area contributed by atoms with Gasteiger partial charge >= 0.3 is 18.0 Å². The van der Waals surface area contributed by atoms with Crippen LogP contribution >= 0.6 is 0 Å². The summed E-state index contributed by atoms with van der Waals surface area (Å²) >= 11 is 0. The van der Waals surface area contributed by atoms with Crippen molar-refractivity contribution in [2.75, 3.05) is 7.05 Å². The molecular formula is C27H42FNO6. The van der Waals surface area contributed by atoms with Crippen LogP contribution in [0.3, 0.4) is 0 Å². The Bertz CT molecular complexity index is 862. The Morgan fingerprint density at radius 2 is 1.51 bits per heavy atom. The summed E-state index contributed by atoms with van der Waals surface area (Å²) in [6.45, 7) is 14.1. The van der Waals surface area contributed by atoms with Crippen molar-refractivity contribution in [3.63, 3.8) is 0 Å². The normalized spacial score (nSPS) is 14.1. The van der Waals surface area contributed by atoms with Crippen LogP contribution in [0.25, 0.3) is 0 Å². The van der Waals surface area contributed by atoms with Crippen LogP contribution in [0.15, 0.2) is 24.3 Å². The van der Waals surface area contributed by atoms with E-state index in [-0.39, 0.29) is 24.7 Å². The number of rotatable bonds is 10. The number of carbonyl (C=O) groups excluding carboxylic acids is 2.